The molecule has 1 aliphatic heterocycles. The summed E-state index contributed by atoms with van der Waals surface area (Å²) in [4.78, 5) is 4.68. The summed E-state index contributed by atoms with van der Waals surface area (Å²) in [5.41, 5.74) is 2.52. The second kappa shape index (κ2) is 7.12. The summed E-state index contributed by atoms with van der Waals surface area (Å²) in [6.45, 7) is 9.11. The van der Waals surface area contributed by atoms with Gasteiger partial charge in [-0.15, -0.1) is 12.4 Å². The number of benzene rings is 1. The zero-order valence-electron chi connectivity index (χ0n) is 10.9. The van der Waals surface area contributed by atoms with Crippen LogP contribution in [0.3, 0.4) is 0 Å². The van der Waals surface area contributed by atoms with Gasteiger partial charge in [-0.3, -0.25) is 0 Å². The molecule has 0 saturated carbocycles. The second-order valence-corrected chi connectivity index (χ2v) is 4.44. The molecule has 98 valence electrons. The molecule has 0 aromatic heterocycles. The van der Waals surface area contributed by atoms with E-state index in [1.165, 1.54) is 17.5 Å². The van der Waals surface area contributed by atoms with Crippen molar-refractivity contribution in [2.75, 3.05) is 13.2 Å². The molecular weight excluding hydrogens is 244 g/mol. The first-order valence-electron chi connectivity index (χ1n) is 6.19. The lowest BCUT2D eigenvalue weighted by molar-refractivity contribution is 0.260. The van der Waals surface area contributed by atoms with Crippen molar-refractivity contribution < 1.29 is 0 Å². The Morgan fingerprint density at radius 3 is 2.44 bits per heavy atom. The molecule has 0 spiro atoms. The lowest BCUT2D eigenvalue weighted by Crippen LogP contribution is -2.25. The van der Waals surface area contributed by atoms with E-state index in [0.717, 1.165) is 19.8 Å². The van der Waals surface area contributed by atoms with Crippen molar-refractivity contribution in [3.05, 3.63) is 54.4 Å². The van der Waals surface area contributed by atoms with Gasteiger partial charge in [-0.25, -0.2) is 0 Å². The smallest absolute Gasteiger partial charge is 0.0897 e. The van der Waals surface area contributed by atoms with Gasteiger partial charge in [0.1, 0.15) is 0 Å². The Kier molecular flexibility index (Phi) is 5.79. The van der Waals surface area contributed by atoms with E-state index in [2.05, 4.69) is 60.0 Å². The molecule has 0 saturated heterocycles. The molecule has 0 amide bonds. The molecular formula is C15H21ClN2. The van der Waals surface area contributed by atoms with Crippen LogP contribution in [0.25, 0.3) is 6.08 Å². The molecule has 0 bridgehead atoms. The summed E-state index contributed by atoms with van der Waals surface area (Å²) in [6.07, 6.45) is 7.44. The quantitative estimate of drug-likeness (QED) is 0.800. The predicted octanol–water partition coefficient (Wildman–Crippen LogP) is 3.71. The SMILES string of the molecule is C=Cc1ccc(CN2C=CN(CCC)C2)cc1.Cl. The highest BCUT2D eigenvalue weighted by Gasteiger charge is 2.10. The third-order valence-electron chi connectivity index (χ3n) is 2.96. The largest absolute Gasteiger partial charge is 0.359 e. The highest BCUT2D eigenvalue weighted by molar-refractivity contribution is 5.85. The van der Waals surface area contributed by atoms with E-state index in [9.17, 15) is 0 Å². The van der Waals surface area contributed by atoms with Crippen LogP contribution in [0.15, 0.2) is 43.2 Å². The minimum absolute atomic E-state index is 0. The van der Waals surface area contributed by atoms with Gasteiger partial charge in [-0.2, -0.15) is 0 Å². The molecule has 0 atom stereocenters. The fourth-order valence-corrected chi connectivity index (χ4v) is 2.04. The molecule has 0 unspecified atom stereocenters. The van der Waals surface area contributed by atoms with Gasteiger partial charge in [0.25, 0.3) is 0 Å². The standard InChI is InChI=1S/C15H20N2.ClH/c1-3-9-16-10-11-17(13-16)12-15-7-5-14(4-2)6-8-15;/h4-8,10-11H,2-3,9,12-13H2,1H3;1H. The van der Waals surface area contributed by atoms with Crippen LogP contribution in [0.1, 0.15) is 24.5 Å². The van der Waals surface area contributed by atoms with Crippen LogP contribution < -0.4 is 0 Å². The minimum Gasteiger partial charge on any atom is -0.359 e. The molecule has 2 nitrogen and oxygen atoms in total. The van der Waals surface area contributed by atoms with Gasteiger partial charge in [0, 0.05) is 25.5 Å². The van der Waals surface area contributed by atoms with Crippen LogP contribution in [0.5, 0.6) is 0 Å². The third kappa shape index (κ3) is 3.81. The molecule has 1 aromatic carbocycles. The second-order valence-electron chi connectivity index (χ2n) is 4.44. The number of nitrogens with zero attached hydrogens (tertiary/aromatic N) is 2. The molecule has 0 N–H and O–H groups in total. The number of rotatable bonds is 5. The Bertz CT molecular complexity index is 397. The van der Waals surface area contributed by atoms with E-state index >= 15 is 0 Å². The van der Waals surface area contributed by atoms with Gasteiger partial charge in [-0.1, -0.05) is 43.8 Å². The summed E-state index contributed by atoms with van der Waals surface area (Å²) >= 11 is 0. The van der Waals surface area contributed by atoms with Crippen molar-refractivity contribution in [2.24, 2.45) is 0 Å². The van der Waals surface area contributed by atoms with Crippen molar-refractivity contribution in [3.63, 3.8) is 0 Å². The molecule has 3 heteroatoms. The van der Waals surface area contributed by atoms with Gasteiger partial charge >= 0.3 is 0 Å². The van der Waals surface area contributed by atoms with Crippen molar-refractivity contribution in [3.8, 4) is 0 Å². The van der Waals surface area contributed by atoms with E-state index in [1.807, 2.05) is 6.08 Å². The molecule has 0 aliphatic carbocycles. The number of hydrogen-bond acceptors (Lipinski definition) is 2. The Hall–Kier alpha value is -1.41. The fourth-order valence-electron chi connectivity index (χ4n) is 2.04. The fraction of sp³-hybridized carbons (Fsp3) is 0.333. The van der Waals surface area contributed by atoms with Crippen molar-refractivity contribution >= 4 is 18.5 Å². The molecule has 1 aliphatic rings. The maximum Gasteiger partial charge on any atom is 0.0897 e. The summed E-state index contributed by atoms with van der Waals surface area (Å²) in [7, 11) is 0. The van der Waals surface area contributed by atoms with Crippen molar-refractivity contribution in [1.82, 2.24) is 9.80 Å². The average molecular weight is 265 g/mol. The van der Waals surface area contributed by atoms with Gasteiger partial charge < -0.3 is 9.80 Å². The highest BCUT2D eigenvalue weighted by atomic mass is 35.5. The molecule has 0 radical (unpaired) electrons. The third-order valence-corrected chi connectivity index (χ3v) is 2.96. The lowest BCUT2D eigenvalue weighted by Gasteiger charge is -2.20. The van der Waals surface area contributed by atoms with E-state index in [-0.39, 0.29) is 12.4 Å². The zero-order valence-corrected chi connectivity index (χ0v) is 11.7. The molecule has 0 fully saturated rings. The zero-order chi connectivity index (χ0) is 12.1. The molecule has 18 heavy (non-hydrogen) atoms. The van der Waals surface area contributed by atoms with Crippen LogP contribution in [-0.4, -0.2) is 23.0 Å². The van der Waals surface area contributed by atoms with E-state index in [1.54, 1.807) is 0 Å². The first-order valence-corrected chi connectivity index (χ1v) is 6.19. The van der Waals surface area contributed by atoms with Gasteiger partial charge in [0.2, 0.25) is 0 Å². The van der Waals surface area contributed by atoms with E-state index in [4.69, 9.17) is 0 Å². The lowest BCUT2D eigenvalue weighted by atomic mass is 10.1. The highest BCUT2D eigenvalue weighted by Crippen LogP contribution is 2.13. The maximum atomic E-state index is 3.77. The van der Waals surface area contributed by atoms with Gasteiger partial charge in [0.05, 0.1) is 6.67 Å². The summed E-state index contributed by atoms with van der Waals surface area (Å²) in [6, 6.07) is 8.58. The first-order chi connectivity index (χ1) is 8.31. The average Bonchev–Trinajstić information content (AvgIpc) is 2.78. The van der Waals surface area contributed by atoms with Crippen molar-refractivity contribution in [2.45, 2.75) is 19.9 Å². The van der Waals surface area contributed by atoms with Crippen LogP contribution in [0.4, 0.5) is 0 Å². The summed E-state index contributed by atoms with van der Waals surface area (Å²) in [5, 5.41) is 0. The van der Waals surface area contributed by atoms with Crippen LogP contribution in [0.2, 0.25) is 0 Å². The Labute approximate surface area is 116 Å². The van der Waals surface area contributed by atoms with Crippen LogP contribution in [0, 0.1) is 0 Å². The van der Waals surface area contributed by atoms with Gasteiger partial charge in [0.15, 0.2) is 0 Å². The summed E-state index contributed by atoms with van der Waals surface area (Å²) in [5.74, 6) is 0. The Balaban J connectivity index is 0.00000162. The number of hydrogen-bond donors (Lipinski definition) is 0. The van der Waals surface area contributed by atoms with Crippen LogP contribution >= 0.6 is 12.4 Å². The van der Waals surface area contributed by atoms with Gasteiger partial charge in [-0.05, 0) is 17.5 Å². The normalized spacial score (nSPS) is 13.6. The monoisotopic (exact) mass is 264 g/mol. The predicted molar refractivity (Wildman–Crippen MR) is 80.3 cm³/mol. The first kappa shape index (κ1) is 14.7. The Morgan fingerprint density at radius 2 is 1.83 bits per heavy atom. The molecule has 1 aromatic rings. The topological polar surface area (TPSA) is 6.48 Å². The van der Waals surface area contributed by atoms with E-state index in [0.29, 0.717) is 0 Å². The molecule has 2 rings (SSSR count). The molecule has 1 heterocycles. The maximum absolute atomic E-state index is 3.77. The summed E-state index contributed by atoms with van der Waals surface area (Å²) < 4.78 is 0. The Morgan fingerprint density at radius 1 is 1.17 bits per heavy atom. The van der Waals surface area contributed by atoms with Crippen LogP contribution in [-0.2, 0) is 6.54 Å². The minimum atomic E-state index is 0. The number of halogens is 1. The van der Waals surface area contributed by atoms with Crippen molar-refractivity contribution in [1.29, 1.82) is 0 Å². The van der Waals surface area contributed by atoms with E-state index < -0.39 is 0 Å².